The van der Waals surface area contributed by atoms with Crippen LogP contribution in [0.2, 0.25) is 0 Å². The molecule has 1 aliphatic rings. The predicted octanol–water partition coefficient (Wildman–Crippen LogP) is 3.15. The summed E-state index contributed by atoms with van der Waals surface area (Å²) in [5, 5.41) is 0. The van der Waals surface area contributed by atoms with Crippen molar-refractivity contribution in [2.24, 2.45) is 0 Å². The molecular weight excluding hydrogens is 365 g/mol. The van der Waals surface area contributed by atoms with Crippen molar-refractivity contribution in [3.63, 3.8) is 0 Å². The maximum atomic E-state index is 14.2. The molecule has 1 radical (unpaired) electrons. The second kappa shape index (κ2) is 8.56. The fourth-order valence-electron chi connectivity index (χ4n) is 1.91. The Morgan fingerprint density at radius 3 is 2.45 bits per heavy atom. The van der Waals surface area contributed by atoms with Crippen LogP contribution in [-0.4, -0.2) is 32.3 Å². The number of halogens is 2. The minimum atomic E-state index is -0.708. The Hall–Kier alpha value is -1.04. The van der Waals surface area contributed by atoms with Crippen LogP contribution in [0.3, 0.4) is 0 Å². The fraction of sp³-hybridized carbons (Fsp3) is 0.250. The van der Waals surface area contributed by atoms with Crippen molar-refractivity contribution in [3.05, 3.63) is 59.8 Å². The van der Waals surface area contributed by atoms with Gasteiger partial charge in [-0.15, -0.1) is 6.08 Å². The molecule has 0 unspecified atom stereocenters. The monoisotopic (exact) mass is 381 g/mol. The van der Waals surface area contributed by atoms with Crippen LogP contribution in [0.4, 0.5) is 8.78 Å². The summed E-state index contributed by atoms with van der Waals surface area (Å²) in [4.78, 5) is 1.58. The Kier molecular flexibility index (Phi) is 7.40. The number of rotatable bonds is 5. The van der Waals surface area contributed by atoms with Gasteiger partial charge in [0.2, 0.25) is 0 Å². The van der Waals surface area contributed by atoms with Crippen LogP contribution < -0.4 is 4.74 Å². The van der Waals surface area contributed by atoms with Gasteiger partial charge in [-0.25, -0.2) is 8.78 Å². The fourth-order valence-corrected chi connectivity index (χ4v) is 1.91. The van der Waals surface area contributed by atoms with Crippen molar-refractivity contribution in [3.8, 4) is 5.75 Å². The molecule has 1 heterocycles. The topological polar surface area (TPSA) is 21.7 Å². The van der Waals surface area contributed by atoms with Gasteiger partial charge in [-0.1, -0.05) is 12.3 Å². The van der Waals surface area contributed by atoms with Crippen LogP contribution in [0, 0.1) is 17.7 Å². The van der Waals surface area contributed by atoms with E-state index in [-0.39, 0.29) is 50.6 Å². The molecule has 1 aromatic carbocycles. The molecule has 0 aliphatic carbocycles. The Bertz CT molecular complexity index is 591. The third-order valence-corrected chi connectivity index (χ3v) is 3.07. The summed E-state index contributed by atoms with van der Waals surface area (Å²) in [6.07, 6.45) is 6.12. The van der Waals surface area contributed by atoms with E-state index < -0.39 is 11.6 Å². The molecule has 115 valence electrons. The second-order valence-corrected chi connectivity index (χ2v) is 4.48. The molecule has 2 rings (SSSR count). The van der Waals surface area contributed by atoms with E-state index in [0.29, 0.717) is 18.0 Å². The summed E-state index contributed by atoms with van der Waals surface area (Å²) in [5.74, 6) is -1.29. The van der Waals surface area contributed by atoms with Gasteiger partial charge < -0.3 is 14.4 Å². The number of methoxy groups -OCH3 is 1. The molecular formula is C16H16F2NO2Y-. The van der Waals surface area contributed by atoms with Gasteiger partial charge in [-0.2, -0.15) is 12.2 Å². The normalized spacial score (nSPS) is 13.7. The number of likely N-dealkylation sites (N-methyl/N-ethyl adjacent to an activating group) is 1. The van der Waals surface area contributed by atoms with Gasteiger partial charge in [0.1, 0.15) is 12.4 Å². The smallest absolute Gasteiger partial charge is 0.123 e. The van der Waals surface area contributed by atoms with E-state index in [0.717, 1.165) is 12.1 Å². The summed E-state index contributed by atoms with van der Waals surface area (Å²) in [7, 11) is 3.20. The zero-order chi connectivity index (χ0) is 15.4. The number of ether oxygens (including phenoxy) is 2. The van der Waals surface area contributed by atoms with Crippen LogP contribution in [-0.2, 0) is 37.4 Å². The molecule has 0 fully saturated rings. The van der Waals surface area contributed by atoms with Crippen LogP contribution >= 0.6 is 0 Å². The number of hydrogen-bond donors (Lipinski definition) is 0. The molecule has 0 saturated heterocycles. The van der Waals surface area contributed by atoms with Gasteiger partial charge in [0.05, 0.1) is 18.2 Å². The van der Waals surface area contributed by atoms with Gasteiger partial charge in [0.25, 0.3) is 0 Å². The molecule has 0 amide bonds. The van der Waals surface area contributed by atoms with Gasteiger partial charge in [0.15, 0.2) is 0 Å². The molecule has 0 atom stereocenters. The van der Waals surface area contributed by atoms with Crippen molar-refractivity contribution in [1.82, 2.24) is 4.90 Å². The van der Waals surface area contributed by atoms with Crippen molar-refractivity contribution in [2.75, 3.05) is 27.4 Å². The second-order valence-electron chi connectivity index (χ2n) is 4.48. The van der Waals surface area contributed by atoms with Crippen molar-refractivity contribution in [1.29, 1.82) is 0 Å². The van der Waals surface area contributed by atoms with Crippen molar-refractivity contribution >= 4 is 5.70 Å². The van der Waals surface area contributed by atoms with Gasteiger partial charge in [-0.05, 0) is 11.3 Å². The maximum absolute atomic E-state index is 14.2. The van der Waals surface area contributed by atoms with Crippen LogP contribution in [0.1, 0.15) is 5.56 Å². The van der Waals surface area contributed by atoms with Gasteiger partial charge in [-0.3, -0.25) is 0 Å². The zero-order valence-corrected chi connectivity index (χ0v) is 15.4. The molecule has 0 saturated carbocycles. The number of benzene rings is 1. The third kappa shape index (κ3) is 4.25. The first-order valence-electron chi connectivity index (χ1n) is 6.38. The quantitative estimate of drug-likeness (QED) is 0.578. The minimum absolute atomic E-state index is 0. The summed E-state index contributed by atoms with van der Waals surface area (Å²) in [6, 6.07) is 2.30. The largest absolute Gasteiger partial charge is 0.491 e. The molecule has 1 aliphatic heterocycles. The number of nitrogens with zero attached hydrogens (tertiary/aromatic N) is 1. The first kappa shape index (κ1) is 19.0. The number of allylic oxidation sites excluding steroid dienone is 3. The minimum Gasteiger partial charge on any atom is -0.491 e. The molecule has 0 N–H and O–H groups in total. The van der Waals surface area contributed by atoms with Gasteiger partial charge in [0, 0.05) is 59.0 Å². The van der Waals surface area contributed by atoms with E-state index in [1.807, 2.05) is 0 Å². The van der Waals surface area contributed by atoms with Crippen molar-refractivity contribution < 1.29 is 51.0 Å². The molecule has 0 spiro atoms. The molecule has 1 aromatic rings. The standard InChI is InChI=1S/C16H16F2NO2.Y/c1-11-5-4-6-15(19(11)2)16-13(17)9-12(10-14(16)18)21-8-7-20-3;/h4-5,9-10H,1,7-8H2,2-3H3;/q-1;. The number of hydrogen-bond acceptors (Lipinski definition) is 3. The molecule has 3 nitrogen and oxygen atoms in total. The third-order valence-electron chi connectivity index (χ3n) is 3.07. The average Bonchev–Trinajstić information content (AvgIpc) is 2.43. The van der Waals surface area contributed by atoms with Crippen LogP contribution in [0.15, 0.2) is 36.6 Å². The molecule has 0 aromatic heterocycles. The summed E-state index contributed by atoms with van der Waals surface area (Å²) < 4.78 is 38.5. The SMILES string of the molecule is C=C1C=C[C-]=C(c2c(F)cc(OCCOC)cc2F)N1C.[Y]. The molecule has 22 heavy (non-hydrogen) atoms. The van der Waals surface area contributed by atoms with Crippen molar-refractivity contribution in [2.45, 2.75) is 0 Å². The van der Waals surface area contributed by atoms with E-state index in [1.165, 1.54) is 7.11 Å². The van der Waals surface area contributed by atoms with E-state index in [2.05, 4.69) is 12.7 Å². The summed E-state index contributed by atoms with van der Waals surface area (Å²) >= 11 is 0. The Morgan fingerprint density at radius 2 is 1.86 bits per heavy atom. The van der Waals surface area contributed by atoms with E-state index in [9.17, 15) is 8.78 Å². The predicted molar refractivity (Wildman–Crippen MR) is 76.4 cm³/mol. The van der Waals surface area contributed by atoms with Gasteiger partial charge >= 0.3 is 0 Å². The summed E-state index contributed by atoms with van der Waals surface area (Å²) in [6.45, 7) is 4.36. The van der Waals surface area contributed by atoms with Crippen LogP contribution in [0.25, 0.3) is 5.70 Å². The Labute approximate surface area is 154 Å². The summed E-state index contributed by atoms with van der Waals surface area (Å²) in [5.41, 5.74) is 0.769. The van der Waals surface area contributed by atoms with E-state index in [4.69, 9.17) is 9.47 Å². The Morgan fingerprint density at radius 1 is 1.23 bits per heavy atom. The Balaban J connectivity index is 0.00000242. The first-order chi connectivity index (χ1) is 10.0. The van der Waals surface area contributed by atoms with E-state index in [1.54, 1.807) is 24.1 Å². The zero-order valence-electron chi connectivity index (χ0n) is 12.5. The van der Waals surface area contributed by atoms with E-state index >= 15 is 0 Å². The average molecular weight is 381 g/mol. The molecule has 0 bridgehead atoms. The maximum Gasteiger partial charge on any atom is 0.123 e. The molecule has 6 heteroatoms. The first-order valence-corrected chi connectivity index (χ1v) is 6.38. The van der Waals surface area contributed by atoms with Crippen LogP contribution in [0.5, 0.6) is 5.75 Å².